The molecule has 0 bridgehead atoms. The maximum absolute atomic E-state index is 10.8. The van der Waals surface area contributed by atoms with Gasteiger partial charge in [-0.25, -0.2) is 8.42 Å². The number of rotatable bonds is 5. The number of allylic oxidation sites excluding steroid dienone is 1. The van der Waals surface area contributed by atoms with Gasteiger partial charge in [0, 0.05) is 16.6 Å². The maximum atomic E-state index is 10.8. The average Bonchev–Trinajstić information content (AvgIpc) is 1.85. The molecule has 0 aliphatic heterocycles. The van der Waals surface area contributed by atoms with E-state index in [2.05, 4.69) is 6.58 Å². The number of hydrogen-bond acceptors (Lipinski definition) is 2. The minimum Gasteiger partial charge on any atom is -0.212 e. The minimum atomic E-state index is -3.47. The Morgan fingerprint density at radius 1 is 1.55 bits per heavy atom. The highest BCUT2D eigenvalue weighted by atomic mass is 35.7. The lowest BCUT2D eigenvalue weighted by Gasteiger charge is -2.07. The highest BCUT2D eigenvalue weighted by molar-refractivity contribution is 8.14. The molecule has 0 heterocycles. The van der Waals surface area contributed by atoms with Gasteiger partial charge >= 0.3 is 0 Å². The van der Waals surface area contributed by atoms with Crippen LogP contribution in [-0.2, 0) is 9.05 Å². The largest absolute Gasteiger partial charge is 0.235 e. The second kappa shape index (κ2) is 5.01. The fourth-order valence-corrected chi connectivity index (χ4v) is 2.32. The molecule has 0 aromatic rings. The van der Waals surface area contributed by atoms with Crippen molar-refractivity contribution in [3.63, 3.8) is 0 Å². The number of alkyl halides is 1. The Morgan fingerprint density at radius 2 is 2.09 bits per heavy atom. The standard InChI is InChI=1S/C6H10Cl2O2S/c1-2-3-6(4-5-7)11(8,9)10/h2,6H,1,3-5H2. The van der Waals surface area contributed by atoms with Crippen LogP contribution in [0.25, 0.3) is 0 Å². The van der Waals surface area contributed by atoms with Gasteiger partial charge in [0.1, 0.15) is 0 Å². The van der Waals surface area contributed by atoms with Gasteiger partial charge < -0.3 is 0 Å². The first-order valence-corrected chi connectivity index (χ1v) is 6.03. The quantitative estimate of drug-likeness (QED) is 0.401. The molecular weight excluding hydrogens is 207 g/mol. The van der Waals surface area contributed by atoms with Crippen LogP contribution in [0.3, 0.4) is 0 Å². The number of hydrogen-bond donors (Lipinski definition) is 0. The van der Waals surface area contributed by atoms with Crippen molar-refractivity contribution < 1.29 is 8.42 Å². The third-order valence-electron chi connectivity index (χ3n) is 1.26. The van der Waals surface area contributed by atoms with Crippen LogP contribution >= 0.6 is 22.3 Å². The summed E-state index contributed by atoms with van der Waals surface area (Å²) in [6, 6.07) is 0. The molecule has 0 aliphatic rings. The second-order valence-electron chi connectivity index (χ2n) is 2.10. The first-order chi connectivity index (χ1) is 5.02. The molecule has 0 aromatic carbocycles. The maximum Gasteiger partial charge on any atom is 0.235 e. The fourth-order valence-electron chi connectivity index (χ4n) is 0.681. The molecule has 0 saturated heterocycles. The van der Waals surface area contributed by atoms with Gasteiger partial charge in [-0.05, 0) is 12.8 Å². The molecular formula is C6H10Cl2O2S. The van der Waals surface area contributed by atoms with Crippen molar-refractivity contribution in [3.8, 4) is 0 Å². The van der Waals surface area contributed by atoms with Crippen molar-refractivity contribution in [3.05, 3.63) is 12.7 Å². The van der Waals surface area contributed by atoms with E-state index in [1.54, 1.807) is 0 Å². The van der Waals surface area contributed by atoms with Gasteiger partial charge in [-0.1, -0.05) is 6.08 Å². The Bertz CT molecular complexity index is 211. The molecule has 0 rings (SSSR count). The normalized spacial score (nSPS) is 14.4. The summed E-state index contributed by atoms with van der Waals surface area (Å²) in [5.74, 6) is 0.296. The van der Waals surface area contributed by atoms with Gasteiger partial charge in [-0.15, -0.1) is 18.2 Å². The molecule has 0 saturated carbocycles. The van der Waals surface area contributed by atoms with Crippen molar-refractivity contribution in [1.29, 1.82) is 0 Å². The van der Waals surface area contributed by atoms with Crippen molar-refractivity contribution in [2.75, 3.05) is 5.88 Å². The third kappa shape index (κ3) is 4.67. The van der Waals surface area contributed by atoms with Gasteiger partial charge in [0.2, 0.25) is 9.05 Å². The van der Waals surface area contributed by atoms with Gasteiger partial charge in [-0.2, -0.15) is 0 Å². The minimum absolute atomic E-state index is 0.296. The van der Waals surface area contributed by atoms with Crippen LogP contribution in [0.4, 0.5) is 0 Å². The van der Waals surface area contributed by atoms with Crippen LogP contribution in [0.15, 0.2) is 12.7 Å². The fraction of sp³-hybridized carbons (Fsp3) is 0.667. The van der Waals surface area contributed by atoms with E-state index < -0.39 is 14.3 Å². The first kappa shape index (κ1) is 11.3. The van der Waals surface area contributed by atoms with Gasteiger partial charge in [0.15, 0.2) is 0 Å². The predicted molar refractivity (Wildman–Crippen MR) is 48.7 cm³/mol. The summed E-state index contributed by atoms with van der Waals surface area (Å²) >= 11 is 5.38. The molecule has 0 spiro atoms. The second-order valence-corrected chi connectivity index (χ2v) is 5.39. The van der Waals surface area contributed by atoms with E-state index >= 15 is 0 Å². The van der Waals surface area contributed by atoms with Gasteiger partial charge in [0.05, 0.1) is 5.25 Å². The molecule has 0 radical (unpaired) electrons. The van der Waals surface area contributed by atoms with Crippen LogP contribution in [0.1, 0.15) is 12.8 Å². The lowest BCUT2D eigenvalue weighted by molar-refractivity contribution is 0.590. The summed E-state index contributed by atoms with van der Waals surface area (Å²) in [7, 11) is 1.65. The lowest BCUT2D eigenvalue weighted by atomic mass is 10.2. The van der Waals surface area contributed by atoms with Crippen LogP contribution in [-0.4, -0.2) is 19.5 Å². The monoisotopic (exact) mass is 216 g/mol. The Balaban J connectivity index is 4.21. The highest BCUT2D eigenvalue weighted by Crippen LogP contribution is 2.15. The number of halogens is 2. The summed E-state index contributed by atoms with van der Waals surface area (Å²) in [6.45, 7) is 3.43. The summed E-state index contributed by atoms with van der Waals surface area (Å²) in [5, 5.41) is -0.584. The Labute approximate surface area is 76.6 Å². The van der Waals surface area contributed by atoms with E-state index in [0.717, 1.165) is 0 Å². The van der Waals surface area contributed by atoms with E-state index in [0.29, 0.717) is 18.7 Å². The Hall–Kier alpha value is 0.270. The molecule has 0 fully saturated rings. The SMILES string of the molecule is C=CCC(CCCl)S(=O)(=O)Cl. The Morgan fingerprint density at radius 3 is 2.36 bits per heavy atom. The van der Waals surface area contributed by atoms with E-state index in [1.165, 1.54) is 6.08 Å². The highest BCUT2D eigenvalue weighted by Gasteiger charge is 2.20. The molecule has 1 atom stereocenters. The average molecular weight is 217 g/mol. The zero-order chi connectivity index (χ0) is 8.91. The van der Waals surface area contributed by atoms with Crippen LogP contribution < -0.4 is 0 Å². The molecule has 0 amide bonds. The molecule has 0 N–H and O–H groups in total. The molecule has 66 valence electrons. The topological polar surface area (TPSA) is 34.1 Å². The van der Waals surface area contributed by atoms with Crippen molar-refractivity contribution >= 4 is 31.3 Å². The molecule has 0 aromatic heterocycles. The van der Waals surface area contributed by atoms with Crippen molar-refractivity contribution in [1.82, 2.24) is 0 Å². The Kier molecular flexibility index (Phi) is 5.13. The third-order valence-corrected chi connectivity index (χ3v) is 3.46. The van der Waals surface area contributed by atoms with Gasteiger partial charge in [-0.3, -0.25) is 0 Å². The van der Waals surface area contributed by atoms with E-state index in [9.17, 15) is 8.42 Å². The zero-order valence-electron chi connectivity index (χ0n) is 5.96. The van der Waals surface area contributed by atoms with Crippen LogP contribution in [0.5, 0.6) is 0 Å². The summed E-state index contributed by atoms with van der Waals surface area (Å²) in [5.41, 5.74) is 0. The van der Waals surface area contributed by atoms with E-state index in [-0.39, 0.29) is 0 Å². The summed E-state index contributed by atoms with van der Waals surface area (Å²) in [4.78, 5) is 0. The van der Waals surface area contributed by atoms with E-state index in [1.807, 2.05) is 0 Å². The van der Waals surface area contributed by atoms with Crippen LogP contribution in [0.2, 0.25) is 0 Å². The predicted octanol–water partition coefficient (Wildman–Crippen LogP) is 2.13. The molecule has 0 aliphatic carbocycles. The molecule has 11 heavy (non-hydrogen) atoms. The smallest absolute Gasteiger partial charge is 0.212 e. The van der Waals surface area contributed by atoms with E-state index in [4.69, 9.17) is 22.3 Å². The zero-order valence-corrected chi connectivity index (χ0v) is 8.29. The first-order valence-electron chi connectivity index (χ1n) is 3.12. The van der Waals surface area contributed by atoms with Crippen molar-refractivity contribution in [2.45, 2.75) is 18.1 Å². The van der Waals surface area contributed by atoms with Crippen molar-refractivity contribution in [2.24, 2.45) is 0 Å². The molecule has 2 nitrogen and oxygen atoms in total. The van der Waals surface area contributed by atoms with Gasteiger partial charge in [0.25, 0.3) is 0 Å². The molecule has 1 unspecified atom stereocenters. The summed E-state index contributed by atoms with van der Waals surface area (Å²) in [6.07, 6.45) is 2.26. The lowest BCUT2D eigenvalue weighted by Crippen LogP contribution is -2.15. The van der Waals surface area contributed by atoms with Crippen LogP contribution in [0, 0.1) is 0 Å². The molecule has 5 heteroatoms. The summed E-state index contributed by atoms with van der Waals surface area (Å²) < 4.78 is 21.5.